The lowest BCUT2D eigenvalue weighted by Crippen LogP contribution is -2.40. The normalized spacial score (nSPS) is 11.8. The fraction of sp³-hybridized carbons (Fsp3) is 0.318. The molecule has 0 fully saturated rings. The number of hydrogen-bond acceptors (Lipinski definition) is 0. The van der Waals surface area contributed by atoms with E-state index in [2.05, 4.69) is 105 Å². The van der Waals surface area contributed by atoms with Gasteiger partial charge in [-0.1, -0.05) is 48.5 Å². The Hall–Kier alpha value is -2.35. The van der Waals surface area contributed by atoms with E-state index in [1.54, 1.807) is 0 Å². The molecule has 0 atom stereocenters. The fourth-order valence-electron chi connectivity index (χ4n) is 3.71. The highest BCUT2D eigenvalue weighted by atomic mass is 15.2. The van der Waals surface area contributed by atoms with Gasteiger partial charge >= 0.3 is 0 Å². The summed E-state index contributed by atoms with van der Waals surface area (Å²) in [6.07, 6.45) is 0. The van der Waals surface area contributed by atoms with Gasteiger partial charge in [-0.15, -0.1) is 0 Å². The summed E-state index contributed by atoms with van der Waals surface area (Å²) in [5.74, 6) is 1.31. The molecule has 24 heavy (non-hydrogen) atoms. The minimum Gasteiger partial charge on any atom is -0.229 e. The van der Waals surface area contributed by atoms with Crippen molar-refractivity contribution in [3.63, 3.8) is 0 Å². The summed E-state index contributed by atoms with van der Waals surface area (Å²) in [5.41, 5.74) is 6.41. The Morgan fingerprint density at radius 3 is 2.00 bits per heavy atom. The first-order chi connectivity index (χ1) is 11.3. The molecular formula is C22H27N2+. The molecular weight excluding hydrogens is 292 g/mol. The van der Waals surface area contributed by atoms with E-state index in [1.165, 1.54) is 34.0 Å². The van der Waals surface area contributed by atoms with E-state index >= 15 is 0 Å². The van der Waals surface area contributed by atoms with Gasteiger partial charge in [-0.3, -0.25) is 0 Å². The Kier molecular flexibility index (Phi) is 4.08. The summed E-state index contributed by atoms with van der Waals surface area (Å²) in [6, 6.07) is 19.3. The van der Waals surface area contributed by atoms with Crippen LogP contribution in [0.15, 0.2) is 54.6 Å². The third-order valence-corrected chi connectivity index (χ3v) is 4.62. The van der Waals surface area contributed by atoms with Gasteiger partial charge in [0.2, 0.25) is 0 Å². The second-order valence-electron chi connectivity index (χ2n) is 7.55. The number of hydrogen-bond donors (Lipinski definition) is 0. The quantitative estimate of drug-likeness (QED) is 0.595. The van der Waals surface area contributed by atoms with E-state index in [0.717, 1.165) is 0 Å². The highest BCUT2D eigenvalue weighted by Crippen LogP contribution is 2.31. The molecule has 2 aromatic carbocycles. The molecule has 0 radical (unpaired) electrons. The summed E-state index contributed by atoms with van der Waals surface area (Å²) in [6.45, 7) is 11.3. The van der Waals surface area contributed by atoms with Crippen molar-refractivity contribution in [1.29, 1.82) is 0 Å². The van der Waals surface area contributed by atoms with Crippen LogP contribution < -0.4 is 4.57 Å². The second kappa shape index (κ2) is 5.94. The van der Waals surface area contributed by atoms with Gasteiger partial charge in [0.15, 0.2) is 11.4 Å². The van der Waals surface area contributed by atoms with E-state index in [9.17, 15) is 0 Å². The van der Waals surface area contributed by atoms with Crippen molar-refractivity contribution in [2.45, 2.75) is 40.0 Å². The summed E-state index contributed by atoms with van der Waals surface area (Å²) in [7, 11) is 2.19. The van der Waals surface area contributed by atoms with Crippen LogP contribution >= 0.6 is 0 Å². The Bertz CT molecular complexity index is 865. The molecule has 3 rings (SSSR count). The van der Waals surface area contributed by atoms with Crippen LogP contribution in [0.2, 0.25) is 0 Å². The number of aryl methyl sites for hydroxylation is 1. The Morgan fingerprint density at radius 2 is 1.42 bits per heavy atom. The molecule has 0 unspecified atom stereocenters. The lowest BCUT2D eigenvalue weighted by atomic mass is 9.95. The molecule has 2 nitrogen and oxygen atoms in total. The lowest BCUT2D eigenvalue weighted by molar-refractivity contribution is -0.671. The Morgan fingerprint density at radius 1 is 0.833 bits per heavy atom. The molecule has 0 saturated heterocycles. The third kappa shape index (κ3) is 2.66. The van der Waals surface area contributed by atoms with Gasteiger partial charge in [-0.25, -0.2) is 4.57 Å². The fourth-order valence-corrected chi connectivity index (χ4v) is 3.71. The largest absolute Gasteiger partial charge is 0.267 e. The molecule has 0 bridgehead atoms. The molecule has 2 heteroatoms. The number of nitrogens with zero attached hydrogens (tertiary/aromatic N) is 2. The molecule has 1 aromatic heterocycles. The minimum atomic E-state index is 0.0365. The third-order valence-electron chi connectivity index (χ3n) is 4.62. The molecule has 1 heterocycles. The highest BCUT2D eigenvalue weighted by molar-refractivity contribution is 5.61. The van der Waals surface area contributed by atoms with Gasteiger partial charge < -0.3 is 0 Å². The van der Waals surface area contributed by atoms with E-state index in [-0.39, 0.29) is 5.41 Å². The predicted octanol–water partition coefficient (Wildman–Crippen LogP) is 4.88. The molecule has 0 aliphatic rings. The SMILES string of the molecule is Cc1ccccc1-n1c(C)c(-c2ccccc2)[n+](C)c1C(C)(C)C. The smallest absolute Gasteiger partial charge is 0.229 e. The first-order valence-electron chi connectivity index (χ1n) is 8.55. The lowest BCUT2D eigenvalue weighted by Gasteiger charge is -2.17. The number of imidazole rings is 1. The van der Waals surface area contributed by atoms with Crippen LogP contribution in [0.5, 0.6) is 0 Å². The van der Waals surface area contributed by atoms with Gasteiger partial charge in [0.05, 0.1) is 12.5 Å². The van der Waals surface area contributed by atoms with Gasteiger partial charge in [-0.05, 0) is 39.3 Å². The van der Waals surface area contributed by atoms with Gasteiger partial charge in [0.25, 0.3) is 5.82 Å². The van der Waals surface area contributed by atoms with Crippen molar-refractivity contribution < 1.29 is 4.57 Å². The van der Waals surface area contributed by atoms with Crippen LogP contribution in [0.4, 0.5) is 0 Å². The van der Waals surface area contributed by atoms with Crippen molar-refractivity contribution in [2.24, 2.45) is 7.05 Å². The number of aromatic nitrogens is 2. The maximum absolute atomic E-state index is 2.43. The summed E-state index contributed by atoms with van der Waals surface area (Å²) < 4.78 is 4.79. The first kappa shape index (κ1) is 16.5. The molecule has 0 aliphatic heterocycles. The maximum atomic E-state index is 2.43. The number of rotatable bonds is 2. The highest BCUT2D eigenvalue weighted by Gasteiger charge is 2.36. The molecule has 0 N–H and O–H groups in total. The van der Waals surface area contributed by atoms with Crippen LogP contribution in [-0.4, -0.2) is 4.57 Å². The summed E-state index contributed by atoms with van der Waals surface area (Å²) in [5, 5.41) is 0. The first-order valence-corrected chi connectivity index (χ1v) is 8.55. The number of benzene rings is 2. The average Bonchev–Trinajstić information content (AvgIpc) is 2.79. The van der Waals surface area contributed by atoms with E-state index in [0.29, 0.717) is 0 Å². The van der Waals surface area contributed by atoms with E-state index in [1.807, 2.05) is 0 Å². The van der Waals surface area contributed by atoms with Crippen LogP contribution in [0.3, 0.4) is 0 Å². The van der Waals surface area contributed by atoms with Crippen molar-refractivity contribution in [2.75, 3.05) is 0 Å². The Balaban J connectivity index is 2.40. The summed E-state index contributed by atoms with van der Waals surface area (Å²) >= 11 is 0. The molecule has 0 aliphatic carbocycles. The minimum absolute atomic E-state index is 0.0365. The van der Waals surface area contributed by atoms with Crippen molar-refractivity contribution in [3.05, 3.63) is 71.7 Å². The maximum Gasteiger partial charge on any atom is 0.267 e. The van der Waals surface area contributed by atoms with Gasteiger partial charge in [-0.2, -0.15) is 4.57 Å². The second-order valence-corrected chi connectivity index (χ2v) is 7.55. The Labute approximate surface area is 145 Å². The predicted molar refractivity (Wildman–Crippen MR) is 101 cm³/mol. The van der Waals surface area contributed by atoms with Crippen molar-refractivity contribution in [3.8, 4) is 16.9 Å². The van der Waals surface area contributed by atoms with Crippen molar-refractivity contribution >= 4 is 0 Å². The van der Waals surface area contributed by atoms with Crippen molar-refractivity contribution in [1.82, 2.24) is 4.57 Å². The van der Waals surface area contributed by atoms with E-state index in [4.69, 9.17) is 0 Å². The molecule has 0 amide bonds. The van der Waals surface area contributed by atoms with Crippen LogP contribution in [0, 0.1) is 13.8 Å². The zero-order valence-corrected chi connectivity index (χ0v) is 15.6. The summed E-state index contributed by atoms with van der Waals surface area (Å²) in [4.78, 5) is 0. The van der Waals surface area contributed by atoms with E-state index < -0.39 is 0 Å². The zero-order chi connectivity index (χ0) is 17.5. The molecule has 0 saturated carbocycles. The van der Waals surface area contributed by atoms with Gasteiger partial charge in [0.1, 0.15) is 5.69 Å². The monoisotopic (exact) mass is 319 g/mol. The molecule has 0 spiro atoms. The molecule has 3 aromatic rings. The van der Waals surface area contributed by atoms with Crippen LogP contribution in [0.25, 0.3) is 16.9 Å². The number of para-hydroxylation sites is 1. The molecule has 124 valence electrons. The van der Waals surface area contributed by atoms with Gasteiger partial charge in [0, 0.05) is 12.5 Å². The standard InChI is InChI=1S/C22H27N2/c1-16-12-10-11-15-19(16)24-17(2)20(18-13-8-7-9-14-18)23(6)21(24)22(3,4)5/h7-15H,1-6H3/q+1. The zero-order valence-electron chi connectivity index (χ0n) is 15.6. The van der Waals surface area contributed by atoms with Crippen LogP contribution in [-0.2, 0) is 12.5 Å². The van der Waals surface area contributed by atoms with Crippen LogP contribution in [0.1, 0.15) is 37.9 Å². The topological polar surface area (TPSA) is 8.81 Å². The average molecular weight is 319 g/mol.